The number of hydrogen-bond acceptors (Lipinski definition) is 6. The first-order valence-electron chi connectivity index (χ1n) is 7.41. The normalized spacial score (nSPS) is 11.8. The maximum atomic E-state index is 12.8. The first-order valence-corrected chi connectivity index (χ1v) is 9.17. The van der Waals surface area contributed by atoms with Crippen LogP contribution >= 0.6 is 22.7 Å². The first-order chi connectivity index (χ1) is 11.3. The van der Waals surface area contributed by atoms with E-state index in [4.69, 9.17) is 5.73 Å². The van der Waals surface area contributed by atoms with E-state index < -0.39 is 5.54 Å². The van der Waals surface area contributed by atoms with Gasteiger partial charge in [-0.3, -0.25) is 14.2 Å². The van der Waals surface area contributed by atoms with Crippen molar-refractivity contribution in [2.24, 2.45) is 5.73 Å². The lowest BCUT2D eigenvalue weighted by molar-refractivity contribution is -0.121. The summed E-state index contributed by atoms with van der Waals surface area (Å²) in [6.07, 6.45) is 1.42. The molecular weight excluding hydrogens is 344 g/mol. The van der Waals surface area contributed by atoms with Crippen LogP contribution in [0.5, 0.6) is 0 Å². The third-order valence-corrected chi connectivity index (χ3v) is 5.19. The quantitative estimate of drug-likeness (QED) is 0.727. The molecule has 0 aliphatic carbocycles. The van der Waals surface area contributed by atoms with Crippen LogP contribution in [0.25, 0.3) is 20.7 Å². The smallest absolute Gasteiger partial charge is 0.263 e. The van der Waals surface area contributed by atoms with Gasteiger partial charge in [0.25, 0.3) is 5.56 Å². The molecule has 8 heteroatoms. The van der Waals surface area contributed by atoms with Gasteiger partial charge in [-0.25, -0.2) is 4.98 Å². The van der Waals surface area contributed by atoms with Crippen LogP contribution < -0.4 is 16.6 Å². The molecule has 3 rings (SSSR count). The molecule has 0 unspecified atom stereocenters. The highest BCUT2D eigenvalue weighted by Crippen LogP contribution is 2.33. The van der Waals surface area contributed by atoms with Crippen LogP contribution in [0.15, 0.2) is 34.0 Å². The highest BCUT2D eigenvalue weighted by molar-refractivity contribution is 7.18. The molecule has 0 bridgehead atoms. The van der Waals surface area contributed by atoms with Crippen LogP contribution in [0.1, 0.15) is 13.8 Å². The molecule has 0 fully saturated rings. The maximum Gasteiger partial charge on any atom is 0.263 e. The number of nitrogens with two attached hydrogens (primary N) is 1. The lowest BCUT2D eigenvalue weighted by atomic mass is 10.1. The van der Waals surface area contributed by atoms with Gasteiger partial charge in [-0.15, -0.1) is 22.7 Å². The van der Waals surface area contributed by atoms with E-state index in [0.29, 0.717) is 16.8 Å². The zero-order chi connectivity index (χ0) is 17.3. The number of carbonyl (C=O) groups is 1. The van der Waals surface area contributed by atoms with Crippen LogP contribution in [0.3, 0.4) is 0 Å². The monoisotopic (exact) mass is 362 g/mol. The van der Waals surface area contributed by atoms with Gasteiger partial charge in [0, 0.05) is 27.9 Å². The van der Waals surface area contributed by atoms with E-state index in [9.17, 15) is 9.59 Å². The molecule has 0 aliphatic rings. The Labute approximate surface area is 147 Å². The number of nitrogens with one attached hydrogen (secondary N) is 1. The fraction of sp³-hybridized carbons (Fsp3) is 0.312. The Balaban J connectivity index is 1.90. The van der Waals surface area contributed by atoms with Gasteiger partial charge in [0.15, 0.2) is 0 Å². The summed E-state index contributed by atoms with van der Waals surface area (Å²) in [5.41, 5.74) is 6.02. The van der Waals surface area contributed by atoms with Crippen LogP contribution in [0.4, 0.5) is 0 Å². The second-order valence-corrected chi connectivity index (χ2v) is 8.06. The Morgan fingerprint density at radius 1 is 1.42 bits per heavy atom. The summed E-state index contributed by atoms with van der Waals surface area (Å²) in [6.45, 7) is 3.92. The summed E-state index contributed by atoms with van der Waals surface area (Å²) < 4.78 is 1.34. The third-order valence-electron chi connectivity index (χ3n) is 3.40. The summed E-state index contributed by atoms with van der Waals surface area (Å²) >= 11 is 3.01. The number of fused-ring (bicyclic) bond motifs is 1. The highest BCUT2D eigenvalue weighted by Gasteiger charge is 2.16. The van der Waals surface area contributed by atoms with E-state index in [2.05, 4.69) is 10.3 Å². The van der Waals surface area contributed by atoms with E-state index in [-0.39, 0.29) is 18.0 Å². The standard InChI is InChI=1S/C16H18N4O2S2/c1-16(2,17)8-18-12(21)6-20-9-19-14-13(15(20)22)10(7-24-14)11-4-3-5-23-11/h3-5,7,9H,6,8,17H2,1-2H3,(H,18,21). The van der Waals surface area contributed by atoms with Crippen LogP contribution in [0.2, 0.25) is 0 Å². The van der Waals surface area contributed by atoms with Gasteiger partial charge in [-0.2, -0.15) is 0 Å². The Morgan fingerprint density at radius 2 is 2.21 bits per heavy atom. The van der Waals surface area contributed by atoms with E-state index in [0.717, 1.165) is 10.4 Å². The van der Waals surface area contributed by atoms with Crippen LogP contribution in [0, 0.1) is 0 Å². The third kappa shape index (κ3) is 3.55. The Hall–Kier alpha value is -2.03. The second kappa shape index (κ2) is 6.46. The zero-order valence-electron chi connectivity index (χ0n) is 13.4. The molecular formula is C16H18N4O2S2. The van der Waals surface area contributed by atoms with E-state index in [1.807, 2.05) is 36.7 Å². The maximum absolute atomic E-state index is 12.8. The molecule has 0 aromatic carbocycles. The van der Waals surface area contributed by atoms with E-state index in [1.54, 1.807) is 11.3 Å². The first kappa shape index (κ1) is 16.8. The zero-order valence-corrected chi connectivity index (χ0v) is 15.0. The molecule has 6 nitrogen and oxygen atoms in total. The van der Waals surface area contributed by atoms with Crippen LogP contribution in [-0.2, 0) is 11.3 Å². The molecule has 0 aliphatic heterocycles. The second-order valence-electron chi connectivity index (χ2n) is 6.25. The molecule has 24 heavy (non-hydrogen) atoms. The summed E-state index contributed by atoms with van der Waals surface area (Å²) in [4.78, 5) is 30.8. The topological polar surface area (TPSA) is 90.0 Å². The summed E-state index contributed by atoms with van der Waals surface area (Å²) in [5.74, 6) is -0.260. The van der Waals surface area contributed by atoms with Crippen molar-refractivity contribution in [2.45, 2.75) is 25.9 Å². The summed E-state index contributed by atoms with van der Waals surface area (Å²) in [6, 6.07) is 3.92. The number of rotatable bonds is 5. The number of amides is 1. The number of thiophene rings is 2. The highest BCUT2D eigenvalue weighted by atomic mass is 32.1. The lowest BCUT2D eigenvalue weighted by Gasteiger charge is -2.19. The fourth-order valence-corrected chi connectivity index (χ4v) is 3.95. The van der Waals surface area contributed by atoms with Crippen molar-refractivity contribution in [3.05, 3.63) is 39.6 Å². The minimum Gasteiger partial charge on any atom is -0.353 e. The number of hydrogen-bond donors (Lipinski definition) is 2. The van der Waals surface area contributed by atoms with Crippen molar-refractivity contribution >= 4 is 38.8 Å². The van der Waals surface area contributed by atoms with Gasteiger partial charge in [0.2, 0.25) is 5.91 Å². The molecule has 0 radical (unpaired) electrons. The number of carbonyl (C=O) groups excluding carboxylic acids is 1. The lowest BCUT2D eigenvalue weighted by Crippen LogP contribution is -2.46. The average Bonchev–Trinajstić information content (AvgIpc) is 3.16. The van der Waals surface area contributed by atoms with Crippen molar-refractivity contribution in [2.75, 3.05) is 6.54 Å². The van der Waals surface area contributed by atoms with E-state index >= 15 is 0 Å². The minimum atomic E-state index is -0.497. The van der Waals surface area contributed by atoms with Gasteiger partial charge >= 0.3 is 0 Å². The number of nitrogens with zero attached hydrogens (tertiary/aromatic N) is 2. The van der Waals surface area contributed by atoms with Crippen molar-refractivity contribution in [3.63, 3.8) is 0 Å². The molecule has 0 saturated carbocycles. The number of aromatic nitrogens is 2. The Bertz CT molecular complexity index is 920. The molecule has 0 spiro atoms. The molecule has 3 N–H and O–H groups in total. The van der Waals surface area contributed by atoms with Gasteiger partial charge in [-0.1, -0.05) is 6.07 Å². The molecule has 0 atom stereocenters. The van der Waals surface area contributed by atoms with Crippen LogP contribution in [-0.4, -0.2) is 27.5 Å². The molecule has 3 aromatic rings. The molecule has 126 valence electrons. The van der Waals surface area contributed by atoms with Gasteiger partial charge in [-0.05, 0) is 25.3 Å². The van der Waals surface area contributed by atoms with Crippen molar-refractivity contribution < 1.29 is 4.79 Å². The van der Waals surface area contributed by atoms with Gasteiger partial charge < -0.3 is 11.1 Å². The minimum absolute atomic E-state index is 0.0718. The van der Waals surface area contributed by atoms with Crippen molar-refractivity contribution in [1.82, 2.24) is 14.9 Å². The molecule has 0 saturated heterocycles. The average molecular weight is 362 g/mol. The SMILES string of the molecule is CC(C)(N)CNC(=O)Cn1cnc2scc(-c3cccs3)c2c1=O. The van der Waals surface area contributed by atoms with Crippen molar-refractivity contribution in [3.8, 4) is 10.4 Å². The Morgan fingerprint density at radius 3 is 2.88 bits per heavy atom. The molecule has 1 amide bonds. The van der Waals surface area contributed by atoms with Gasteiger partial charge in [0.1, 0.15) is 11.4 Å². The predicted octanol–water partition coefficient (Wildman–Crippen LogP) is 2.04. The van der Waals surface area contributed by atoms with Crippen molar-refractivity contribution in [1.29, 1.82) is 0 Å². The summed E-state index contributed by atoms with van der Waals surface area (Å²) in [7, 11) is 0. The fourth-order valence-electron chi connectivity index (χ4n) is 2.23. The predicted molar refractivity (Wildman–Crippen MR) is 98.5 cm³/mol. The Kier molecular flexibility index (Phi) is 4.53. The molecule has 3 aromatic heterocycles. The largest absolute Gasteiger partial charge is 0.353 e. The van der Waals surface area contributed by atoms with E-state index in [1.165, 1.54) is 22.2 Å². The summed E-state index contributed by atoms with van der Waals surface area (Å²) in [5, 5.41) is 7.21. The van der Waals surface area contributed by atoms with Gasteiger partial charge in [0.05, 0.1) is 11.7 Å². The molecule has 3 heterocycles.